The molecule has 9 heteroatoms. The largest absolute Gasteiger partial charge is 0.503 e. The fourth-order valence-electron chi connectivity index (χ4n) is 2.71. The van der Waals surface area contributed by atoms with Gasteiger partial charge in [0.1, 0.15) is 0 Å². The summed E-state index contributed by atoms with van der Waals surface area (Å²) >= 11 is 5.83. The van der Waals surface area contributed by atoms with E-state index < -0.39 is 21.3 Å². The van der Waals surface area contributed by atoms with Gasteiger partial charge in [-0.15, -0.1) is 0 Å². The molecule has 0 spiro atoms. The molecule has 0 unspecified atom stereocenters. The van der Waals surface area contributed by atoms with Gasteiger partial charge in [-0.2, -0.15) is 0 Å². The number of halogens is 1. The Hall–Kier alpha value is -1.87. The molecule has 2 N–H and O–H groups in total. The Morgan fingerprint density at radius 3 is 2.60 bits per heavy atom. The summed E-state index contributed by atoms with van der Waals surface area (Å²) in [6.07, 6.45) is 1.18. The Bertz CT molecular complexity index is 937. The molecule has 7 nitrogen and oxygen atoms in total. The third-order valence-corrected chi connectivity index (χ3v) is 5.96. The molecule has 2 aromatic rings. The monoisotopic (exact) mass is 383 g/mol. The Kier molecular flexibility index (Phi) is 5.14. The fourth-order valence-corrected chi connectivity index (χ4v) is 4.25. The highest BCUT2D eigenvalue weighted by Gasteiger charge is 2.22. The zero-order valence-electron chi connectivity index (χ0n) is 13.4. The number of aromatic hydroxyl groups is 1. The predicted octanol–water partition coefficient (Wildman–Crippen LogP) is 0.849. The van der Waals surface area contributed by atoms with Gasteiger partial charge >= 0.3 is 5.56 Å². The number of rotatable bonds is 4. The third kappa shape index (κ3) is 3.72. The van der Waals surface area contributed by atoms with Gasteiger partial charge in [-0.25, -0.2) is 12.4 Å². The van der Waals surface area contributed by atoms with Gasteiger partial charge in [0.15, 0.2) is 5.75 Å². The number of hydrogen-bond donors (Lipinski definition) is 2. The SMILES string of the molecule is O=c1c(O)c(CN2CCNCC2)ccn1S(=O)(=O)c1cccc(Cl)c1. The molecule has 0 saturated carbocycles. The van der Waals surface area contributed by atoms with E-state index in [-0.39, 0.29) is 9.92 Å². The molecule has 1 saturated heterocycles. The molecule has 1 aliphatic rings. The van der Waals surface area contributed by atoms with Crippen molar-refractivity contribution < 1.29 is 13.5 Å². The lowest BCUT2D eigenvalue weighted by molar-refractivity contribution is 0.230. The van der Waals surface area contributed by atoms with Gasteiger partial charge in [-0.1, -0.05) is 17.7 Å². The highest BCUT2D eigenvalue weighted by molar-refractivity contribution is 7.90. The number of benzene rings is 1. The van der Waals surface area contributed by atoms with E-state index in [1.165, 1.54) is 36.5 Å². The van der Waals surface area contributed by atoms with Crippen molar-refractivity contribution in [3.63, 3.8) is 0 Å². The first-order valence-electron chi connectivity index (χ1n) is 7.77. The fraction of sp³-hybridized carbons (Fsp3) is 0.312. The maximum Gasteiger partial charge on any atom is 0.306 e. The molecular weight excluding hydrogens is 366 g/mol. The lowest BCUT2D eigenvalue weighted by Gasteiger charge is -2.27. The highest BCUT2D eigenvalue weighted by Crippen LogP contribution is 2.20. The first kappa shape index (κ1) is 17.9. The number of piperazine rings is 1. The first-order chi connectivity index (χ1) is 11.9. The van der Waals surface area contributed by atoms with E-state index in [1.54, 1.807) is 0 Å². The van der Waals surface area contributed by atoms with E-state index in [1.807, 2.05) is 0 Å². The van der Waals surface area contributed by atoms with Crippen molar-refractivity contribution in [1.82, 2.24) is 14.2 Å². The summed E-state index contributed by atoms with van der Waals surface area (Å²) in [6, 6.07) is 7.09. The van der Waals surface area contributed by atoms with Crippen LogP contribution in [0.2, 0.25) is 5.02 Å². The minimum atomic E-state index is -4.13. The summed E-state index contributed by atoms with van der Waals surface area (Å²) in [5.41, 5.74) is -0.558. The summed E-state index contributed by atoms with van der Waals surface area (Å²) in [6.45, 7) is 3.65. The lowest BCUT2D eigenvalue weighted by Crippen LogP contribution is -2.43. The van der Waals surface area contributed by atoms with Gasteiger partial charge in [0, 0.05) is 49.5 Å². The van der Waals surface area contributed by atoms with Crippen LogP contribution in [0.3, 0.4) is 0 Å². The van der Waals surface area contributed by atoms with Crippen molar-refractivity contribution in [2.45, 2.75) is 11.4 Å². The average Bonchev–Trinajstić information content (AvgIpc) is 2.60. The van der Waals surface area contributed by atoms with Crippen LogP contribution in [0.1, 0.15) is 5.56 Å². The van der Waals surface area contributed by atoms with E-state index >= 15 is 0 Å². The summed E-state index contributed by atoms with van der Waals surface area (Å²) < 4.78 is 25.8. The normalized spacial score (nSPS) is 16.0. The number of hydrogen-bond acceptors (Lipinski definition) is 6. The number of nitrogens with zero attached hydrogens (tertiary/aromatic N) is 2. The number of nitrogens with one attached hydrogen (secondary N) is 1. The first-order valence-corrected chi connectivity index (χ1v) is 9.59. The summed E-state index contributed by atoms with van der Waals surface area (Å²) in [5.74, 6) is -0.549. The molecule has 0 aliphatic carbocycles. The molecule has 0 amide bonds. The van der Waals surface area contributed by atoms with Crippen LogP contribution in [0.15, 0.2) is 46.2 Å². The molecule has 1 aromatic carbocycles. The average molecular weight is 384 g/mol. The Morgan fingerprint density at radius 1 is 1.20 bits per heavy atom. The minimum absolute atomic E-state index is 0.114. The lowest BCUT2D eigenvalue weighted by atomic mass is 10.2. The zero-order valence-corrected chi connectivity index (χ0v) is 14.9. The molecule has 2 heterocycles. The topological polar surface area (TPSA) is 91.6 Å². The highest BCUT2D eigenvalue weighted by atomic mass is 35.5. The van der Waals surface area contributed by atoms with Crippen LogP contribution in [0, 0.1) is 0 Å². The van der Waals surface area contributed by atoms with Crippen LogP contribution in [-0.4, -0.2) is 48.6 Å². The molecule has 0 bridgehead atoms. The van der Waals surface area contributed by atoms with Crippen LogP contribution >= 0.6 is 11.6 Å². The molecule has 0 radical (unpaired) electrons. The molecule has 1 aliphatic heterocycles. The quantitative estimate of drug-likeness (QED) is 0.813. The van der Waals surface area contributed by atoms with E-state index in [0.29, 0.717) is 16.1 Å². The van der Waals surface area contributed by atoms with E-state index in [4.69, 9.17) is 11.6 Å². The van der Waals surface area contributed by atoms with Crippen LogP contribution < -0.4 is 10.9 Å². The molecule has 134 valence electrons. The van der Waals surface area contributed by atoms with Gasteiger partial charge in [-0.3, -0.25) is 9.69 Å². The van der Waals surface area contributed by atoms with Crippen molar-refractivity contribution in [1.29, 1.82) is 0 Å². The Labute approximate surface area is 150 Å². The number of pyridine rings is 1. The molecular formula is C16H18ClN3O4S. The van der Waals surface area contributed by atoms with Gasteiger partial charge in [0.25, 0.3) is 10.0 Å². The molecule has 0 atom stereocenters. The van der Waals surface area contributed by atoms with Crippen molar-refractivity contribution in [3.05, 3.63) is 57.5 Å². The van der Waals surface area contributed by atoms with Crippen LogP contribution in [0.25, 0.3) is 0 Å². The van der Waals surface area contributed by atoms with Crippen molar-refractivity contribution in [2.75, 3.05) is 26.2 Å². The standard InChI is InChI=1S/C16H18ClN3O4S/c17-13-2-1-3-14(10-13)25(23,24)20-7-4-12(15(21)16(20)22)11-19-8-5-18-6-9-19/h1-4,7,10,18,21H,5-6,8-9,11H2. The maximum absolute atomic E-state index is 12.6. The Balaban J connectivity index is 1.96. The second-order valence-electron chi connectivity index (χ2n) is 5.78. The van der Waals surface area contributed by atoms with E-state index in [9.17, 15) is 18.3 Å². The number of aromatic nitrogens is 1. The second-order valence-corrected chi connectivity index (χ2v) is 8.03. The van der Waals surface area contributed by atoms with Gasteiger partial charge < -0.3 is 10.4 Å². The van der Waals surface area contributed by atoms with Crippen molar-refractivity contribution in [2.24, 2.45) is 0 Å². The maximum atomic E-state index is 12.6. The second kappa shape index (κ2) is 7.17. The molecule has 25 heavy (non-hydrogen) atoms. The minimum Gasteiger partial charge on any atom is -0.503 e. The van der Waals surface area contributed by atoms with E-state index in [2.05, 4.69) is 10.2 Å². The van der Waals surface area contributed by atoms with E-state index in [0.717, 1.165) is 26.2 Å². The summed E-state index contributed by atoms with van der Waals surface area (Å²) in [7, 11) is -4.13. The Morgan fingerprint density at radius 2 is 1.92 bits per heavy atom. The summed E-state index contributed by atoms with van der Waals surface area (Å²) in [4.78, 5) is 14.4. The predicted molar refractivity (Wildman–Crippen MR) is 94.5 cm³/mol. The summed E-state index contributed by atoms with van der Waals surface area (Å²) in [5, 5.41) is 13.7. The molecule has 1 aromatic heterocycles. The smallest absolute Gasteiger partial charge is 0.306 e. The van der Waals surface area contributed by atoms with Crippen molar-refractivity contribution >= 4 is 21.6 Å². The van der Waals surface area contributed by atoms with Gasteiger partial charge in [-0.05, 0) is 24.3 Å². The van der Waals surface area contributed by atoms with Gasteiger partial charge in [0.05, 0.1) is 4.90 Å². The van der Waals surface area contributed by atoms with Crippen LogP contribution in [0.5, 0.6) is 5.75 Å². The zero-order chi connectivity index (χ0) is 18.0. The van der Waals surface area contributed by atoms with Crippen LogP contribution in [0.4, 0.5) is 0 Å². The molecule has 1 fully saturated rings. The van der Waals surface area contributed by atoms with Gasteiger partial charge in [0.2, 0.25) is 0 Å². The third-order valence-electron chi connectivity index (χ3n) is 4.07. The van der Waals surface area contributed by atoms with Crippen molar-refractivity contribution in [3.8, 4) is 5.75 Å². The molecule has 3 rings (SSSR count). The van der Waals surface area contributed by atoms with Crippen LogP contribution in [-0.2, 0) is 16.6 Å².